The van der Waals surface area contributed by atoms with Gasteiger partial charge in [-0.2, -0.15) is 5.26 Å². The normalized spacial score (nSPS) is 15.5. The Morgan fingerprint density at radius 1 is 1.16 bits per heavy atom. The number of anilines is 1. The van der Waals surface area contributed by atoms with Crippen LogP contribution in [0.5, 0.6) is 0 Å². The maximum Gasteiger partial charge on any atom is 0.331 e. The summed E-state index contributed by atoms with van der Waals surface area (Å²) in [7, 11) is 1.58. The summed E-state index contributed by atoms with van der Waals surface area (Å²) in [6.45, 7) is 4.96. The maximum absolute atomic E-state index is 13.9. The molecule has 188 valence electrons. The molecule has 0 spiro atoms. The molecule has 2 N–H and O–H groups in total. The molecule has 0 amide bonds. The molecule has 0 unspecified atom stereocenters. The summed E-state index contributed by atoms with van der Waals surface area (Å²) in [5, 5.41) is 11.1. The predicted molar refractivity (Wildman–Crippen MR) is 142 cm³/mol. The highest BCUT2D eigenvalue weighted by molar-refractivity contribution is 5.90. The molecule has 37 heavy (non-hydrogen) atoms. The smallest absolute Gasteiger partial charge is 0.331 e. The van der Waals surface area contributed by atoms with Gasteiger partial charge in [0.1, 0.15) is 28.8 Å². The van der Waals surface area contributed by atoms with Crippen molar-refractivity contribution in [2.45, 2.75) is 45.8 Å². The van der Waals surface area contributed by atoms with Gasteiger partial charge in [0.15, 0.2) is 0 Å². The number of para-hydroxylation sites is 1. The van der Waals surface area contributed by atoms with Gasteiger partial charge >= 0.3 is 5.69 Å². The minimum atomic E-state index is -0.538. The van der Waals surface area contributed by atoms with Gasteiger partial charge in [0, 0.05) is 37.3 Å². The van der Waals surface area contributed by atoms with Crippen molar-refractivity contribution < 1.29 is 0 Å². The minimum absolute atomic E-state index is 0.0437. The van der Waals surface area contributed by atoms with Crippen molar-refractivity contribution >= 4 is 27.8 Å². The number of hydrogen-bond donors (Lipinski definition) is 1. The van der Waals surface area contributed by atoms with E-state index in [-0.39, 0.29) is 30.2 Å². The lowest BCUT2D eigenvalue weighted by atomic mass is 10.1. The van der Waals surface area contributed by atoms with Crippen LogP contribution in [0, 0.1) is 30.1 Å². The molecular weight excluding hydrogens is 468 g/mol. The first-order valence-corrected chi connectivity index (χ1v) is 12.2. The Bertz CT molecular complexity index is 1760. The molecule has 0 radical (unpaired) electrons. The number of nitrogens with two attached hydrogens (primary N) is 1. The largest absolute Gasteiger partial charge is 0.355 e. The van der Waals surface area contributed by atoms with Crippen LogP contribution in [0.1, 0.15) is 36.8 Å². The maximum atomic E-state index is 13.9. The second kappa shape index (κ2) is 9.57. The molecule has 1 fully saturated rings. The molecule has 1 aliphatic rings. The third-order valence-electron chi connectivity index (χ3n) is 6.93. The summed E-state index contributed by atoms with van der Waals surface area (Å²) in [4.78, 5) is 38.6. The van der Waals surface area contributed by atoms with Crippen molar-refractivity contribution in [3.8, 4) is 17.9 Å². The number of benzene rings is 1. The van der Waals surface area contributed by atoms with Gasteiger partial charge in [-0.15, -0.1) is 5.92 Å². The molecule has 0 saturated carbocycles. The molecule has 1 atom stereocenters. The van der Waals surface area contributed by atoms with E-state index in [1.807, 2.05) is 36.1 Å². The highest BCUT2D eigenvalue weighted by Gasteiger charge is 2.29. The molecule has 10 nitrogen and oxygen atoms in total. The van der Waals surface area contributed by atoms with Crippen LogP contribution in [0.2, 0.25) is 0 Å². The van der Waals surface area contributed by atoms with E-state index in [0.29, 0.717) is 30.2 Å². The topological polar surface area (TPSA) is 128 Å². The molecule has 1 aromatic carbocycles. The van der Waals surface area contributed by atoms with E-state index in [4.69, 9.17) is 5.73 Å². The highest BCUT2D eigenvalue weighted by Crippen LogP contribution is 2.32. The quantitative estimate of drug-likeness (QED) is 0.425. The van der Waals surface area contributed by atoms with Gasteiger partial charge in [-0.3, -0.25) is 13.9 Å². The number of aryl methyl sites for hydroxylation is 2. The Morgan fingerprint density at radius 3 is 2.68 bits per heavy atom. The lowest BCUT2D eigenvalue weighted by Gasteiger charge is -2.33. The first kappa shape index (κ1) is 24.3. The number of nitriles is 1. The van der Waals surface area contributed by atoms with Gasteiger partial charge in [0.25, 0.3) is 5.56 Å². The molecular formula is C27H28N8O2. The van der Waals surface area contributed by atoms with Crippen molar-refractivity contribution in [3.63, 3.8) is 0 Å². The summed E-state index contributed by atoms with van der Waals surface area (Å²) >= 11 is 0. The van der Waals surface area contributed by atoms with Gasteiger partial charge in [-0.05, 0) is 32.8 Å². The third kappa shape index (κ3) is 4.05. The molecule has 3 aromatic heterocycles. The Hall–Kier alpha value is -4.41. The summed E-state index contributed by atoms with van der Waals surface area (Å²) in [6, 6.07) is 9.82. The Kier molecular flexibility index (Phi) is 6.28. The summed E-state index contributed by atoms with van der Waals surface area (Å²) in [5.41, 5.74) is 7.56. The third-order valence-corrected chi connectivity index (χ3v) is 6.93. The van der Waals surface area contributed by atoms with Crippen molar-refractivity contribution in [1.82, 2.24) is 23.7 Å². The van der Waals surface area contributed by atoms with E-state index in [0.717, 1.165) is 34.0 Å². The highest BCUT2D eigenvalue weighted by atomic mass is 16.2. The van der Waals surface area contributed by atoms with Crippen LogP contribution in [0.3, 0.4) is 0 Å². The number of nitrogens with zero attached hydrogens (tertiary/aromatic N) is 7. The van der Waals surface area contributed by atoms with Gasteiger partial charge in [0.05, 0.1) is 24.1 Å². The summed E-state index contributed by atoms with van der Waals surface area (Å²) in [5.74, 6) is 6.85. The van der Waals surface area contributed by atoms with E-state index in [9.17, 15) is 14.9 Å². The molecule has 4 aromatic rings. The number of rotatable bonds is 4. The Balaban J connectivity index is 1.77. The second-order valence-electron chi connectivity index (χ2n) is 9.34. The fourth-order valence-corrected chi connectivity index (χ4v) is 5.22. The number of fused-ring (bicyclic) bond motifs is 2. The van der Waals surface area contributed by atoms with Gasteiger partial charge in [-0.25, -0.2) is 14.8 Å². The van der Waals surface area contributed by atoms with Crippen LogP contribution < -0.4 is 21.9 Å². The number of piperidine rings is 1. The van der Waals surface area contributed by atoms with E-state index >= 15 is 0 Å². The van der Waals surface area contributed by atoms with Crippen molar-refractivity contribution in [1.29, 1.82) is 5.26 Å². The predicted octanol–water partition coefficient (Wildman–Crippen LogP) is 1.62. The van der Waals surface area contributed by atoms with Crippen molar-refractivity contribution in [2.75, 3.05) is 18.0 Å². The first-order chi connectivity index (χ1) is 17.8. The second-order valence-corrected chi connectivity index (χ2v) is 9.34. The molecule has 1 saturated heterocycles. The molecule has 4 heterocycles. The van der Waals surface area contributed by atoms with E-state index < -0.39 is 11.2 Å². The fourth-order valence-electron chi connectivity index (χ4n) is 5.22. The molecule has 0 bridgehead atoms. The monoisotopic (exact) mass is 496 g/mol. The molecule has 0 aliphatic carbocycles. The first-order valence-electron chi connectivity index (χ1n) is 12.2. The van der Waals surface area contributed by atoms with E-state index in [1.165, 1.54) is 4.57 Å². The standard InChI is InChI=1S/C27H28N8O2/c1-4-5-13-34-24-23(20(14-28)25(34)33-12-8-9-18(29)15-33)32(3)27(37)35(26(24)36)16-22-30-17(2)19-10-6-7-11-21(19)31-22/h6-7,10-11,18H,8-9,12-13,15-16,29H2,1-3H3/t18-/m0/s1. The zero-order chi connectivity index (χ0) is 26.3. The average Bonchev–Trinajstić information content (AvgIpc) is 3.23. The van der Waals surface area contributed by atoms with Gasteiger partial charge < -0.3 is 15.2 Å². The SMILES string of the molecule is CC#CCn1c(N2CCC[C@H](N)C2)c(C#N)c2c1c(=O)n(Cc1nc(C)c3ccccc3n1)c(=O)n2C. The van der Waals surface area contributed by atoms with Crippen LogP contribution in [0.25, 0.3) is 21.9 Å². The van der Waals surface area contributed by atoms with Crippen LogP contribution in [0.15, 0.2) is 33.9 Å². The molecule has 1 aliphatic heterocycles. The zero-order valence-corrected chi connectivity index (χ0v) is 21.2. The summed E-state index contributed by atoms with van der Waals surface area (Å²) < 4.78 is 4.26. The van der Waals surface area contributed by atoms with E-state index in [2.05, 4.69) is 27.9 Å². The molecule has 5 rings (SSSR count). The van der Waals surface area contributed by atoms with Crippen LogP contribution in [-0.4, -0.2) is 42.8 Å². The minimum Gasteiger partial charge on any atom is -0.355 e. The van der Waals surface area contributed by atoms with Gasteiger partial charge in [0.2, 0.25) is 0 Å². The fraction of sp³-hybridized carbons (Fsp3) is 0.370. The Labute approximate surface area is 213 Å². The average molecular weight is 497 g/mol. The van der Waals surface area contributed by atoms with Crippen LogP contribution in [-0.2, 0) is 20.1 Å². The lowest BCUT2D eigenvalue weighted by molar-refractivity contribution is 0.499. The van der Waals surface area contributed by atoms with Gasteiger partial charge in [-0.1, -0.05) is 24.1 Å². The number of aromatic nitrogens is 5. The van der Waals surface area contributed by atoms with Crippen molar-refractivity contribution in [2.24, 2.45) is 12.8 Å². The van der Waals surface area contributed by atoms with Crippen LogP contribution >= 0.6 is 0 Å². The van der Waals surface area contributed by atoms with E-state index in [1.54, 1.807) is 18.5 Å². The zero-order valence-electron chi connectivity index (χ0n) is 21.2. The Morgan fingerprint density at radius 2 is 1.95 bits per heavy atom. The van der Waals surface area contributed by atoms with Crippen LogP contribution in [0.4, 0.5) is 5.82 Å². The van der Waals surface area contributed by atoms with Crippen molar-refractivity contribution in [3.05, 3.63) is 62.2 Å². The number of hydrogen-bond acceptors (Lipinski definition) is 7. The summed E-state index contributed by atoms with van der Waals surface area (Å²) in [6.07, 6.45) is 1.76. The molecule has 10 heteroatoms. The lowest BCUT2D eigenvalue weighted by Crippen LogP contribution is -2.44.